The molecule has 1 aromatic rings. The molecule has 0 N–H and O–H groups in total. The van der Waals surface area contributed by atoms with Gasteiger partial charge in [0.2, 0.25) is 0 Å². The molecule has 0 saturated heterocycles. The van der Waals surface area contributed by atoms with Gasteiger partial charge in [0.15, 0.2) is 5.78 Å². The number of carbonyl (C=O) groups excluding carboxylic acids is 2. The molecule has 0 radical (unpaired) electrons. The van der Waals surface area contributed by atoms with Crippen molar-refractivity contribution in [2.75, 3.05) is 6.61 Å². The Labute approximate surface area is 117 Å². The van der Waals surface area contributed by atoms with Crippen LogP contribution in [0, 0.1) is 5.92 Å². The normalized spacial score (nSPS) is 11.5. The highest BCUT2D eigenvalue weighted by Crippen LogP contribution is 2.15. The lowest BCUT2D eigenvalue weighted by Gasteiger charge is -2.08. The summed E-state index contributed by atoms with van der Waals surface area (Å²) in [5, 5.41) is 0.300. The second-order valence-electron chi connectivity index (χ2n) is 4.21. The molecule has 0 aliphatic heterocycles. The second kappa shape index (κ2) is 7.04. The maximum Gasteiger partial charge on any atom is 0.341 e. The molecular weight excluding hydrogens is 266 g/mol. The average Bonchev–Trinajstić information content (AvgIpc) is 2.35. The van der Waals surface area contributed by atoms with Gasteiger partial charge in [-0.05, 0) is 30.7 Å². The Morgan fingerprint density at radius 3 is 2.68 bits per heavy atom. The predicted molar refractivity (Wildman–Crippen MR) is 73.7 cm³/mol. The average molecular weight is 282 g/mol. The summed E-state index contributed by atoms with van der Waals surface area (Å²) in [5.74, 6) is -1.16. The highest BCUT2D eigenvalue weighted by Gasteiger charge is 2.22. The van der Waals surface area contributed by atoms with Crippen molar-refractivity contribution < 1.29 is 14.3 Å². The van der Waals surface area contributed by atoms with E-state index in [0.29, 0.717) is 10.7 Å². The van der Waals surface area contributed by atoms with Gasteiger partial charge in [-0.3, -0.25) is 4.79 Å². The first-order chi connectivity index (χ1) is 8.95. The number of ether oxygens (including phenoxy) is 1. The fourth-order valence-electron chi connectivity index (χ4n) is 1.42. The molecule has 1 rings (SSSR count). The summed E-state index contributed by atoms with van der Waals surface area (Å²) in [6, 6.07) is 3.24. The van der Waals surface area contributed by atoms with Crippen LogP contribution in [0.4, 0.5) is 0 Å². The van der Waals surface area contributed by atoms with Crippen molar-refractivity contribution in [3.63, 3.8) is 0 Å². The maximum absolute atomic E-state index is 12.0. The Bertz CT molecular complexity index is 509. The van der Waals surface area contributed by atoms with Crippen molar-refractivity contribution in [2.24, 2.45) is 5.92 Å². The number of pyridine rings is 1. The Balaban J connectivity index is 3.15. The molecule has 19 heavy (non-hydrogen) atoms. The van der Waals surface area contributed by atoms with Gasteiger partial charge in [0.1, 0.15) is 10.7 Å². The zero-order valence-corrected chi connectivity index (χ0v) is 11.9. The second-order valence-corrected chi connectivity index (χ2v) is 4.60. The van der Waals surface area contributed by atoms with Crippen LogP contribution in [0.25, 0.3) is 6.08 Å². The molecule has 0 fully saturated rings. The van der Waals surface area contributed by atoms with Crippen LogP contribution in [0.15, 0.2) is 23.9 Å². The first-order valence-electron chi connectivity index (χ1n) is 6.00. The van der Waals surface area contributed by atoms with E-state index in [1.165, 1.54) is 12.3 Å². The molecule has 0 bridgehead atoms. The third-order valence-corrected chi connectivity index (χ3v) is 2.55. The fourth-order valence-corrected chi connectivity index (χ4v) is 1.61. The van der Waals surface area contributed by atoms with Crippen LogP contribution in [0.5, 0.6) is 0 Å². The fraction of sp³-hybridized carbons (Fsp3) is 0.357. The van der Waals surface area contributed by atoms with Gasteiger partial charge in [0, 0.05) is 12.1 Å². The highest BCUT2D eigenvalue weighted by molar-refractivity contribution is 6.29. The largest absolute Gasteiger partial charge is 0.462 e. The smallest absolute Gasteiger partial charge is 0.341 e. The molecule has 1 heterocycles. The van der Waals surface area contributed by atoms with E-state index in [2.05, 4.69) is 4.98 Å². The summed E-state index contributed by atoms with van der Waals surface area (Å²) in [6.07, 6.45) is 2.99. The van der Waals surface area contributed by atoms with E-state index >= 15 is 0 Å². The highest BCUT2D eigenvalue weighted by atomic mass is 35.5. The number of esters is 1. The standard InChI is InChI=1S/C14H16ClNO3/c1-4-19-14(18)11(13(17)9(2)3)7-10-5-6-16-12(15)8-10/h5-9H,4H2,1-3H3. The van der Waals surface area contributed by atoms with Crippen LogP contribution in [0.2, 0.25) is 5.15 Å². The first-order valence-corrected chi connectivity index (χ1v) is 6.38. The number of aromatic nitrogens is 1. The lowest BCUT2D eigenvalue weighted by molar-refractivity contribution is -0.140. The van der Waals surface area contributed by atoms with E-state index in [0.717, 1.165) is 0 Å². The zero-order chi connectivity index (χ0) is 14.4. The minimum atomic E-state index is -0.617. The minimum absolute atomic E-state index is 0.0270. The van der Waals surface area contributed by atoms with E-state index in [9.17, 15) is 9.59 Å². The molecular formula is C14H16ClNO3. The van der Waals surface area contributed by atoms with Crippen LogP contribution in [-0.4, -0.2) is 23.3 Å². The zero-order valence-electron chi connectivity index (χ0n) is 11.1. The van der Waals surface area contributed by atoms with E-state index in [1.807, 2.05) is 0 Å². The molecule has 1 aromatic heterocycles. The van der Waals surface area contributed by atoms with Gasteiger partial charge >= 0.3 is 5.97 Å². The molecule has 0 unspecified atom stereocenters. The summed E-state index contributed by atoms with van der Waals surface area (Å²) in [7, 11) is 0. The number of halogens is 1. The van der Waals surface area contributed by atoms with Gasteiger partial charge in [-0.15, -0.1) is 0 Å². The summed E-state index contributed by atoms with van der Waals surface area (Å²) in [5.41, 5.74) is 0.663. The van der Waals surface area contributed by atoms with Gasteiger partial charge < -0.3 is 4.74 Å². The first kappa shape index (κ1) is 15.4. The van der Waals surface area contributed by atoms with Crippen LogP contribution in [0.1, 0.15) is 26.3 Å². The lowest BCUT2D eigenvalue weighted by Crippen LogP contribution is -2.19. The molecule has 0 aromatic carbocycles. The third kappa shape index (κ3) is 4.48. The predicted octanol–water partition coefficient (Wildman–Crippen LogP) is 2.91. The van der Waals surface area contributed by atoms with Crippen molar-refractivity contribution >= 4 is 29.4 Å². The molecule has 0 amide bonds. The van der Waals surface area contributed by atoms with Gasteiger partial charge in [0.25, 0.3) is 0 Å². The van der Waals surface area contributed by atoms with Crippen LogP contribution in [0.3, 0.4) is 0 Å². The molecule has 0 atom stereocenters. The Kier molecular flexibility index (Phi) is 5.70. The van der Waals surface area contributed by atoms with E-state index in [4.69, 9.17) is 16.3 Å². The van der Waals surface area contributed by atoms with Crippen molar-refractivity contribution in [1.82, 2.24) is 4.98 Å². The summed E-state index contributed by atoms with van der Waals surface area (Å²) in [4.78, 5) is 27.7. The number of carbonyl (C=O) groups is 2. The van der Waals surface area contributed by atoms with Crippen molar-refractivity contribution in [2.45, 2.75) is 20.8 Å². The topological polar surface area (TPSA) is 56.3 Å². The number of rotatable bonds is 5. The molecule has 0 saturated carbocycles. The van der Waals surface area contributed by atoms with Crippen LogP contribution in [-0.2, 0) is 14.3 Å². The number of hydrogen-bond donors (Lipinski definition) is 0. The van der Waals surface area contributed by atoms with Crippen LogP contribution < -0.4 is 0 Å². The Hall–Kier alpha value is -1.68. The monoisotopic (exact) mass is 281 g/mol. The molecule has 5 heteroatoms. The lowest BCUT2D eigenvalue weighted by atomic mass is 9.99. The number of hydrogen-bond acceptors (Lipinski definition) is 4. The summed E-state index contributed by atoms with van der Waals surface area (Å²) >= 11 is 5.77. The Morgan fingerprint density at radius 1 is 1.47 bits per heavy atom. The van der Waals surface area contributed by atoms with Gasteiger partial charge in [0.05, 0.1) is 6.61 Å². The third-order valence-electron chi connectivity index (χ3n) is 2.35. The summed E-state index contributed by atoms with van der Waals surface area (Å²) in [6.45, 7) is 5.38. The number of Topliss-reactive ketones (excluding diaryl/α,β-unsaturated/α-hetero) is 1. The van der Waals surface area contributed by atoms with Crippen molar-refractivity contribution in [3.8, 4) is 0 Å². The molecule has 102 valence electrons. The number of ketones is 1. The SMILES string of the molecule is CCOC(=O)C(=Cc1ccnc(Cl)c1)C(=O)C(C)C. The minimum Gasteiger partial charge on any atom is -0.462 e. The molecule has 0 aliphatic carbocycles. The van der Waals surface area contributed by atoms with Gasteiger partial charge in [-0.2, -0.15) is 0 Å². The van der Waals surface area contributed by atoms with Crippen LogP contribution >= 0.6 is 11.6 Å². The number of nitrogens with zero attached hydrogens (tertiary/aromatic N) is 1. The molecule has 0 aliphatic rings. The van der Waals surface area contributed by atoms with Gasteiger partial charge in [-0.25, -0.2) is 9.78 Å². The van der Waals surface area contributed by atoms with E-state index in [1.54, 1.807) is 32.9 Å². The molecule has 0 spiro atoms. The molecule has 4 nitrogen and oxygen atoms in total. The van der Waals surface area contributed by atoms with Crippen molar-refractivity contribution in [1.29, 1.82) is 0 Å². The Morgan fingerprint density at radius 2 is 2.16 bits per heavy atom. The maximum atomic E-state index is 12.0. The van der Waals surface area contributed by atoms with Gasteiger partial charge in [-0.1, -0.05) is 25.4 Å². The summed E-state index contributed by atoms with van der Waals surface area (Å²) < 4.78 is 4.90. The van der Waals surface area contributed by atoms with E-state index in [-0.39, 0.29) is 23.9 Å². The van der Waals surface area contributed by atoms with E-state index < -0.39 is 5.97 Å². The van der Waals surface area contributed by atoms with Crippen molar-refractivity contribution in [3.05, 3.63) is 34.6 Å². The quantitative estimate of drug-likeness (QED) is 0.274.